The predicted molar refractivity (Wildman–Crippen MR) is 112 cm³/mol. The number of hydrogen-bond acceptors (Lipinski definition) is 3. The zero-order valence-corrected chi connectivity index (χ0v) is 16.0. The molecule has 3 N–H and O–H groups in total. The molecule has 0 spiro atoms. The Morgan fingerprint density at radius 2 is 1.15 bits per heavy atom. The van der Waals surface area contributed by atoms with Crippen molar-refractivity contribution < 1.29 is 9.90 Å². The van der Waals surface area contributed by atoms with Crippen molar-refractivity contribution in [2.24, 2.45) is 5.73 Å². The molecule has 0 aliphatic rings. The average molecular weight is 378 g/mol. The van der Waals surface area contributed by atoms with Gasteiger partial charge in [0.2, 0.25) is 0 Å². The number of thioether (sulfide) groups is 1. The average Bonchev–Trinajstić information content (AvgIpc) is 2.71. The lowest BCUT2D eigenvalue weighted by molar-refractivity contribution is -0.141. The summed E-state index contributed by atoms with van der Waals surface area (Å²) in [6.07, 6.45) is 0. The van der Waals surface area contributed by atoms with Gasteiger partial charge in [-0.2, -0.15) is 0 Å². The summed E-state index contributed by atoms with van der Waals surface area (Å²) in [5, 5.41) is 9.51. The van der Waals surface area contributed by atoms with E-state index < -0.39 is 16.3 Å². The lowest BCUT2D eigenvalue weighted by Crippen LogP contribution is -2.48. The van der Waals surface area contributed by atoms with Crippen LogP contribution in [0.1, 0.15) is 23.6 Å². The van der Waals surface area contributed by atoms with E-state index in [-0.39, 0.29) is 5.75 Å². The summed E-state index contributed by atoms with van der Waals surface area (Å²) >= 11 is 1.56. The Morgan fingerprint density at radius 1 is 0.815 bits per heavy atom. The first-order chi connectivity index (χ1) is 13.0. The number of benzene rings is 3. The molecule has 0 aromatic heterocycles. The van der Waals surface area contributed by atoms with Crippen molar-refractivity contribution in [2.75, 3.05) is 5.75 Å². The first-order valence-corrected chi connectivity index (χ1v) is 9.78. The molecule has 0 saturated heterocycles. The fraction of sp³-hybridized carbons (Fsp3) is 0.174. The van der Waals surface area contributed by atoms with Crippen LogP contribution in [0.15, 0.2) is 91.0 Å². The van der Waals surface area contributed by atoms with Crippen LogP contribution in [0.25, 0.3) is 0 Å². The monoisotopic (exact) mass is 377 g/mol. The van der Waals surface area contributed by atoms with Gasteiger partial charge in [-0.05, 0) is 23.6 Å². The summed E-state index contributed by atoms with van der Waals surface area (Å²) in [6.45, 7) is 1.56. The maximum absolute atomic E-state index is 11.6. The van der Waals surface area contributed by atoms with Gasteiger partial charge in [0.15, 0.2) is 0 Å². The number of rotatable bonds is 7. The van der Waals surface area contributed by atoms with Crippen LogP contribution in [0.5, 0.6) is 0 Å². The van der Waals surface area contributed by atoms with Gasteiger partial charge in [-0.3, -0.25) is 4.79 Å². The molecule has 0 amide bonds. The van der Waals surface area contributed by atoms with Crippen molar-refractivity contribution in [1.82, 2.24) is 0 Å². The van der Waals surface area contributed by atoms with Crippen molar-refractivity contribution in [3.8, 4) is 0 Å². The van der Waals surface area contributed by atoms with E-state index >= 15 is 0 Å². The quantitative estimate of drug-likeness (QED) is 0.595. The SMILES string of the molecule is CC(N)(CSC(c1ccccc1)(c1ccccc1)c1ccccc1)C(=O)O. The summed E-state index contributed by atoms with van der Waals surface area (Å²) < 4.78 is -0.556. The fourth-order valence-corrected chi connectivity index (χ4v) is 4.64. The molecule has 1 atom stereocenters. The molecular weight excluding hydrogens is 354 g/mol. The third-order valence-corrected chi connectivity index (χ3v) is 6.50. The maximum Gasteiger partial charge on any atom is 0.324 e. The maximum atomic E-state index is 11.6. The van der Waals surface area contributed by atoms with Gasteiger partial charge in [0.25, 0.3) is 0 Å². The van der Waals surface area contributed by atoms with Crippen molar-refractivity contribution >= 4 is 17.7 Å². The van der Waals surface area contributed by atoms with Gasteiger partial charge in [0.1, 0.15) is 5.54 Å². The van der Waals surface area contributed by atoms with Gasteiger partial charge in [-0.1, -0.05) is 91.0 Å². The van der Waals surface area contributed by atoms with Gasteiger partial charge < -0.3 is 10.8 Å². The summed E-state index contributed by atoms with van der Waals surface area (Å²) in [7, 11) is 0. The number of carboxylic acids is 1. The second-order valence-corrected chi connectivity index (χ2v) is 7.98. The second-order valence-electron chi connectivity index (χ2n) is 6.79. The predicted octanol–water partition coefficient (Wildman–Crippen LogP) is 4.51. The van der Waals surface area contributed by atoms with Gasteiger partial charge in [-0.15, -0.1) is 11.8 Å². The van der Waals surface area contributed by atoms with Crippen molar-refractivity contribution in [2.45, 2.75) is 17.2 Å². The first kappa shape index (κ1) is 19.2. The topological polar surface area (TPSA) is 63.3 Å². The van der Waals surface area contributed by atoms with Crippen LogP contribution >= 0.6 is 11.8 Å². The lowest BCUT2D eigenvalue weighted by atomic mass is 9.84. The molecule has 3 aromatic carbocycles. The molecule has 0 aliphatic heterocycles. The highest BCUT2D eigenvalue weighted by Gasteiger charge is 2.40. The highest BCUT2D eigenvalue weighted by Crippen LogP contribution is 2.49. The van der Waals surface area contributed by atoms with Gasteiger partial charge in [0.05, 0.1) is 4.75 Å². The number of nitrogens with two attached hydrogens (primary N) is 1. The largest absolute Gasteiger partial charge is 0.480 e. The van der Waals surface area contributed by atoms with E-state index in [0.29, 0.717) is 0 Å². The summed E-state index contributed by atoms with van der Waals surface area (Å²) in [4.78, 5) is 11.6. The Balaban J connectivity index is 2.21. The molecule has 3 nitrogen and oxygen atoms in total. The molecule has 1 unspecified atom stereocenters. The summed E-state index contributed by atoms with van der Waals surface area (Å²) in [5.74, 6) is -0.737. The summed E-state index contributed by atoms with van der Waals surface area (Å²) in [6, 6.07) is 30.5. The number of aliphatic carboxylic acids is 1. The molecule has 3 aromatic rings. The zero-order valence-electron chi connectivity index (χ0n) is 15.2. The van der Waals surface area contributed by atoms with E-state index in [1.54, 1.807) is 18.7 Å². The molecule has 27 heavy (non-hydrogen) atoms. The van der Waals surface area contributed by atoms with Crippen molar-refractivity contribution in [3.63, 3.8) is 0 Å². The minimum atomic E-state index is -1.33. The molecule has 3 rings (SSSR count). The van der Waals surface area contributed by atoms with Crippen LogP contribution in [-0.4, -0.2) is 22.4 Å². The normalized spacial score (nSPS) is 13.7. The van der Waals surface area contributed by atoms with E-state index in [2.05, 4.69) is 36.4 Å². The molecule has 0 fully saturated rings. The lowest BCUT2D eigenvalue weighted by Gasteiger charge is -2.37. The molecule has 0 heterocycles. The molecule has 138 valence electrons. The van der Waals surface area contributed by atoms with Crippen LogP contribution in [-0.2, 0) is 9.54 Å². The van der Waals surface area contributed by atoms with E-state index in [9.17, 15) is 9.90 Å². The standard InChI is InChI=1S/C23H23NO2S/c1-22(24,21(25)26)17-27-23(18-11-5-2-6-12-18,19-13-7-3-8-14-19)20-15-9-4-10-16-20/h2-16H,17,24H2,1H3,(H,25,26). The fourth-order valence-electron chi connectivity index (χ4n) is 3.09. The Kier molecular flexibility index (Phi) is 5.68. The Hall–Kier alpha value is -2.56. The smallest absolute Gasteiger partial charge is 0.324 e. The molecule has 0 aliphatic carbocycles. The Labute approximate surface area is 164 Å². The Morgan fingerprint density at radius 3 is 1.44 bits per heavy atom. The van der Waals surface area contributed by atoms with Gasteiger partial charge >= 0.3 is 5.97 Å². The zero-order chi connectivity index (χ0) is 19.3. The van der Waals surface area contributed by atoms with E-state index in [4.69, 9.17) is 5.73 Å². The van der Waals surface area contributed by atoms with Crippen molar-refractivity contribution in [3.05, 3.63) is 108 Å². The number of carbonyl (C=O) groups is 1. The van der Waals surface area contributed by atoms with E-state index in [0.717, 1.165) is 16.7 Å². The van der Waals surface area contributed by atoms with Crippen LogP contribution in [0.3, 0.4) is 0 Å². The highest BCUT2D eigenvalue weighted by molar-refractivity contribution is 8.00. The van der Waals surface area contributed by atoms with E-state index in [1.165, 1.54) is 0 Å². The Bertz CT molecular complexity index is 783. The molecule has 4 heteroatoms. The second kappa shape index (κ2) is 7.99. The first-order valence-electron chi connectivity index (χ1n) is 8.79. The minimum Gasteiger partial charge on any atom is -0.480 e. The third-order valence-electron chi connectivity index (χ3n) is 4.62. The van der Waals surface area contributed by atoms with Crippen LogP contribution in [0.4, 0.5) is 0 Å². The van der Waals surface area contributed by atoms with Crippen molar-refractivity contribution in [1.29, 1.82) is 0 Å². The third kappa shape index (κ3) is 3.92. The van der Waals surface area contributed by atoms with Crippen LogP contribution < -0.4 is 5.73 Å². The minimum absolute atomic E-state index is 0.265. The molecule has 0 radical (unpaired) electrons. The van der Waals surface area contributed by atoms with Crippen LogP contribution in [0, 0.1) is 0 Å². The molecular formula is C23H23NO2S. The number of hydrogen-bond donors (Lipinski definition) is 2. The van der Waals surface area contributed by atoms with Gasteiger partial charge in [-0.25, -0.2) is 0 Å². The van der Waals surface area contributed by atoms with Gasteiger partial charge in [0, 0.05) is 5.75 Å². The molecule has 0 bridgehead atoms. The molecule has 0 saturated carbocycles. The summed E-state index contributed by atoms with van der Waals surface area (Å²) in [5.41, 5.74) is 8.03. The van der Waals surface area contributed by atoms with Crippen LogP contribution in [0.2, 0.25) is 0 Å². The number of carboxylic acid groups (broad SMARTS) is 1. The highest BCUT2D eigenvalue weighted by atomic mass is 32.2. The van der Waals surface area contributed by atoms with E-state index in [1.807, 2.05) is 54.6 Å².